The van der Waals surface area contributed by atoms with E-state index in [0.29, 0.717) is 12.5 Å². The first-order chi connectivity index (χ1) is 12.7. The molecule has 0 radical (unpaired) electrons. The van der Waals surface area contributed by atoms with Gasteiger partial charge in [0.2, 0.25) is 5.91 Å². The maximum atomic E-state index is 13.6. The van der Waals surface area contributed by atoms with Crippen molar-refractivity contribution in [3.8, 4) is 0 Å². The van der Waals surface area contributed by atoms with Gasteiger partial charge in [-0.3, -0.25) is 14.5 Å². The molecule has 0 saturated carbocycles. The van der Waals surface area contributed by atoms with E-state index in [9.17, 15) is 18.0 Å². The number of aliphatic imine (C=N–C) groups is 1. The third-order valence-corrected chi connectivity index (χ3v) is 4.04. The van der Waals surface area contributed by atoms with Crippen molar-refractivity contribution in [2.24, 2.45) is 12.0 Å². The highest BCUT2D eigenvalue weighted by molar-refractivity contribution is 5.95. The Bertz CT molecular complexity index is 878. The molecular formula is C17H21F3N6O. The Labute approximate surface area is 154 Å². The number of anilines is 1. The van der Waals surface area contributed by atoms with Gasteiger partial charge in [-0.25, -0.2) is 13.2 Å². The second kappa shape index (κ2) is 8.56. The van der Waals surface area contributed by atoms with E-state index in [1.54, 1.807) is 4.68 Å². The van der Waals surface area contributed by atoms with Crippen molar-refractivity contribution >= 4 is 17.6 Å². The number of guanidine groups is 1. The first-order valence-electron chi connectivity index (χ1n) is 8.11. The molecule has 3 N–H and O–H groups in total. The zero-order valence-corrected chi connectivity index (χ0v) is 15.5. The van der Waals surface area contributed by atoms with Crippen LogP contribution in [0.1, 0.15) is 17.0 Å². The lowest BCUT2D eigenvalue weighted by molar-refractivity contribution is -0.115. The van der Waals surface area contributed by atoms with Crippen LogP contribution in [-0.2, 0) is 18.4 Å². The number of amides is 1. The number of carbonyl (C=O) groups is 1. The Morgan fingerprint density at radius 3 is 2.48 bits per heavy atom. The van der Waals surface area contributed by atoms with Crippen LogP contribution in [0.2, 0.25) is 0 Å². The van der Waals surface area contributed by atoms with Crippen LogP contribution in [0.3, 0.4) is 0 Å². The predicted molar refractivity (Wildman–Crippen MR) is 95.8 cm³/mol. The number of halogens is 3. The van der Waals surface area contributed by atoms with Gasteiger partial charge in [0.15, 0.2) is 23.4 Å². The summed E-state index contributed by atoms with van der Waals surface area (Å²) in [5.41, 5.74) is 2.45. The molecule has 1 heterocycles. The molecule has 0 atom stereocenters. The molecule has 1 aromatic carbocycles. The molecule has 0 aliphatic rings. The SMILES string of the molecule is CN=C(NCC(=O)Nc1ccc(F)c(F)c1F)NCc1c(C)nn(C)c1C. The summed E-state index contributed by atoms with van der Waals surface area (Å²) in [6, 6.07) is 1.69. The van der Waals surface area contributed by atoms with Crippen molar-refractivity contribution in [3.05, 3.63) is 46.5 Å². The molecule has 7 nitrogen and oxygen atoms in total. The minimum atomic E-state index is -1.64. The van der Waals surface area contributed by atoms with Gasteiger partial charge in [0.1, 0.15) is 0 Å². The van der Waals surface area contributed by atoms with Crippen molar-refractivity contribution in [2.75, 3.05) is 18.9 Å². The minimum absolute atomic E-state index is 0.247. The maximum absolute atomic E-state index is 13.6. The normalized spacial score (nSPS) is 11.4. The van der Waals surface area contributed by atoms with E-state index in [1.807, 2.05) is 20.9 Å². The first kappa shape index (κ1) is 20.3. The Kier molecular flexibility index (Phi) is 6.43. The molecule has 0 bridgehead atoms. The Balaban J connectivity index is 1.90. The maximum Gasteiger partial charge on any atom is 0.243 e. The van der Waals surface area contributed by atoms with E-state index in [2.05, 4.69) is 26.0 Å². The molecule has 27 heavy (non-hydrogen) atoms. The topological polar surface area (TPSA) is 83.3 Å². The molecule has 0 aliphatic carbocycles. The van der Waals surface area contributed by atoms with Crippen molar-refractivity contribution in [1.29, 1.82) is 0 Å². The Morgan fingerprint density at radius 1 is 1.19 bits per heavy atom. The number of hydrogen-bond acceptors (Lipinski definition) is 3. The highest BCUT2D eigenvalue weighted by Gasteiger charge is 2.15. The third-order valence-electron chi connectivity index (χ3n) is 4.04. The Hall–Kier alpha value is -3.04. The number of aryl methyl sites for hydroxylation is 2. The average molecular weight is 382 g/mol. The summed E-state index contributed by atoms with van der Waals surface area (Å²) >= 11 is 0. The summed E-state index contributed by atoms with van der Waals surface area (Å²) in [5, 5.41) is 12.3. The van der Waals surface area contributed by atoms with Gasteiger partial charge in [0.05, 0.1) is 17.9 Å². The van der Waals surface area contributed by atoms with Crippen LogP contribution >= 0.6 is 0 Å². The number of hydrogen-bond donors (Lipinski definition) is 3. The quantitative estimate of drug-likeness (QED) is 0.418. The van der Waals surface area contributed by atoms with Crippen LogP contribution in [0.15, 0.2) is 17.1 Å². The van der Waals surface area contributed by atoms with Crippen LogP contribution < -0.4 is 16.0 Å². The van der Waals surface area contributed by atoms with Gasteiger partial charge in [-0.05, 0) is 26.0 Å². The van der Waals surface area contributed by atoms with Crippen molar-refractivity contribution in [2.45, 2.75) is 20.4 Å². The average Bonchev–Trinajstić information content (AvgIpc) is 2.88. The van der Waals surface area contributed by atoms with Gasteiger partial charge < -0.3 is 16.0 Å². The lowest BCUT2D eigenvalue weighted by Crippen LogP contribution is -2.41. The fourth-order valence-corrected chi connectivity index (χ4v) is 2.45. The van der Waals surface area contributed by atoms with E-state index in [0.717, 1.165) is 29.1 Å². The second-order valence-electron chi connectivity index (χ2n) is 5.82. The van der Waals surface area contributed by atoms with Crippen LogP contribution in [0, 0.1) is 31.3 Å². The van der Waals surface area contributed by atoms with Gasteiger partial charge in [-0.1, -0.05) is 0 Å². The molecule has 0 unspecified atom stereocenters. The third kappa shape index (κ3) is 4.78. The van der Waals surface area contributed by atoms with Crippen molar-refractivity contribution in [3.63, 3.8) is 0 Å². The largest absolute Gasteiger partial charge is 0.352 e. The van der Waals surface area contributed by atoms with E-state index in [1.165, 1.54) is 7.05 Å². The number of aromatic nitrogens is 2. The van der Waals surface area contributed by atoms with E-state index < -0.39 is 29.0 Å². The van der Waals surface area contributed by atoms with E-state index in [-0.39, 0.29) is 6.54 Å². The molecule has 0 spiro atoms. The number of nitrogens with zero attached hydrogens (tertiary/aromatic N) is 3. The summed E-state index contributed by atoms with van der Waals surface area (Å²) in [6.45, 7) is 4.04. The van der Waals surface area contributed by atoms with Crippen LogP contribution in [-0.4, -0.2) is 35.2 Å². The molecule has 0 fully saturated rings. The number of nitrogens with one attached hydrogen (secondary N) is 3. The number of benzene rings is 1. The zero-order valence-electron chi connectivity index (χ0n) is 15.5. The predicted octanol–water partition coefficient (Wildman–Crippen LogP) is 1.76. The van der Waals surface area contributed by atoms with Gasteiger partial charge in [-0.2, -0.15) is 5.10 Å². The van der Waals surface area contributed by atoms with Gasteiger partial charge in [-0.15, -0.1) is 0 Å². The molecule has 0 aliphatic heterocycles. The highest BCUT2D eigenvalue weighted by Crippen LogP contribution is 2.19. The molecule has 10 heteroatoms. The zero-order chi connectivity index (χ0) is 20.1. The van der Waals surface area contributed by atoms with Gasteiger partial charge in [0.25, 0.3) is 0 Å². The first-order valence-corrected chi connectivity index (χ1v) is 8.11. The van der Waals surface area contributed by atoms with Gasteiger partial charge in [0, 0.05) is 31.9 Å². The summed E-state index contributed by atoms with van der Waals surface area (Å²) in [6.07, 6.45) is 0. The monoisotopic (exact) mass is 382 g/mol. The number of carbonyl (C=O) groups excluding carboxylic acids is 1. The summed E-state index contributed by atoms with van der Waals surface area (Å²) in [4.78, 5) is 15.9. The standard InChI is InChI=1S/C17H21F3N6O/c1-9-11(10(2)26(4)25-9)7-22-17(21-3)23-8-14(27)24-13-6-5-12(18)15(19)16(13)20/h5-6H,7-8H2,1-4H3,(H,24,27)(H2,21,22,23). The highest BCUT2D eigenvalue weighted by atomic mass is 19.2. The summed E-state index contributed by atoms with van der Waals surface area (Å²) < 4.78 is 41.4. The second-order valence-corrected chi connectivity index (χ2v) is 5.82. The molecule has 2 rings (SSSR count). The summed E-state index contributed by atoms with van der Waals surface area (Å²) in [7, 11) is 3.38. The smallest absolute Gasteiger partial charge is 0.243 e. The Morgan fingerprint density at radius 2 is 1.89 bits per heavy atom. The van der Waals surface area contributed by atoms with Crippen molar-refractivity contribution in [1.82, 2.24) is 20.4 Å². The summed E-state index contributed by atoms with van der Waals surface area (Å²) in [5.74, 6) is -4.71. The fraction of sp³-hybridized carbons (Fsp3) is 0.353. The van der Waals surface area contributed by atoms with Crippen LogP contribution in [0.4, 0.5) is 18.9 Å². The number of rotatable bonds is 5. The van der Waals surface area contributed by atoms with E-state index in [4.69, 9.17) is 0 Å². The van der Waals surface area contributed by atoms with Crippen molar-refractivity contribution < 1.29 is 18.0 Å². The lowest BCUT2D eigenvalue weighted by Gasteiger charge is -2.13. The molecule has 1 amide bonds. The lowest BCUT2D eigenvalue weighted by atomic mass is 10.2. The van der Waals surface area contributed by atoms with Crippen LogP contribution in [0.5, 0.6) is 0 Å². The molecular weight excluding hydrogens is 361 g/mol. The minimum Gasteiger partial charge on any atom is -0.352 e. The molecule has 0 saturated heterocycles. The van der Waals surface area contributed by atoms with Gasteiger partial charge >= 0.3 is 0 Å². The molecule has 1 aromatic heterocycles. The molecule has 146 valence electrons. The van der Waals surface area contributed by atoms with E-state index >= 15 is 0 Å². The fourth-order valence-electron chi connectivity index (χ4n) is 2.45. The van der Waals surface area contributed by atoms with Crippen LogP contribution in [0.25, 0.3) is 0 Å². The molecule has 2 aromatic rings.